The van der Waals surface area contributed by atoms with Crippen molar-refractivity contribution in [1.29, 1.82) is 0 Å². The van der Waals surface area contributed by atoms with E-state index in [1.807, 2.05) is 0 Å². The third kappa shape index (κ3) is 3.35. The molecule has 1 aromatic carbocycles. The van der Waals surface area contributed by atoms with Crippen molar-refractivity contribution in [1.82, 2.24) is 4.90 Å². The maximum atomic E-state index is 12.7. The lowest BCUT2D eigenvalue weighted by Gasteiger charge is -2.21. The van der Waals surface area contributed by atoms with Crippen molar-refractivity contribution in [3.8, 4) is 0 Å². The van der Waals surface area contributed by atoms with Crippen molar-refractivity contribution >= 4 is 40.0 Å². The van der Waals surface area contributed by atoms with Gasteiger partial charge in [-0.15, -0.1) is 11.3 Å². The number of thiophene rings is 1. The summed E-state index contributed by atoms with van der Waals surface area (Å²) in [4.78, 5) is 51.5. The normalized spacial score (nSPS) is 14.1. The van der Waals surface area contributed by atoms with Gasteiger partial charge in [0.25, 0.3) is 11.8 Å². The highest BCUT2D eigenvalue weighted by molar-refractivity contribution is 7.16. The van der Waals surface area contributed by atoms with Gasteiger partial charge >= 0.3 is 5.97 Å². The summed E-state index contributed by atoms with van der Waals surface area (Å²) < 4.78 is 5.00. The zero-order chi connectivity index (χ0) is 19.7. The van der Waals surface area contributed by atoms with Crippen molar-refractivity contribution in [3.05, 3.63) is 51.9 Å². The van der Waals surface area contributed by atoms with Crippen LogP contribution in [-0.2, 0) is 9.53 Å². The Labute approximate surface area is 159 Å². The predicted octanol–water partition coefficient (Wildman–Crippen LogP) is 2.86. The van der Waals surface area contributed by atoms with Crippen LogP contribution in [-0.4, -0.2) is 41.2 Å². The quantitative estimate of drug-likeness (QED) is 0.630. The summed E-state index contributed by atoms with van der Waals surface area (Å²) in [6.07, 6.45) is 0. The van der Waals surface area contributed by atoms with Crippen LogP contribution in [0.25, 0.3) is 0 Å². The van der Waals surface area contributed by atoms with Gasteiger partial charge in [-0.25, -0.2) is 4.79 Å². The number of aryl methyl sites for hydroxylation is 1. The van der Waals surface area contributed by atoms with Crippen LogP contribution in [0, 0.1) is 6.92 Å². The average Bonchev–Trinajstić information content (AvgIpc) is 3.13. The van der Waals surface area contributed by atoms with Crippen LogP contribution in [0.1, 0.15) is 49.8 Å². The molecule has 0 fully saturated rings. The van der Waals surface area contributed by atoms with Gasteiger partial charge in [-0.3, -0.25) is 19.3 Å². The monoisotopic (exact) mass is 386 g/mol. The van der Waals surface area contributed by atoms with E-state index in [2.05, 4.69) is 5.32 Å². The summed E-state index contributed by atoms with van der Waals surface area (Å²) in [6, 6.07) is 7.04. The van der Waals surface area contributed by atoms with Crippen molar-refractivity contribution in [2.45, 2.75) is 26.8 Å². The summed E-state index contributed by atoms with van der Waals surface area (Å²) in [5.41, 5.74) is 0.810. The first-order valence-corrected chi connectivity index (χ1v) is 9.22. The van der Waals surface area contributed by atoms with Gasteiger partial charge in [-0.05, 0) is 39.0 Å². The van der Waals surface area contributed by atoms with E-state index in [0.29, 0.717) is 5.00 Å². The van der Waals surface area contributed by atoms with Crippen molar-refractivity contribution in [3.63, 3.8) is 0 Å². The number of rotatable bonds is 5. The molecule has 1 aliphatic heterocycles. The topological polar surface area (TPSA) is 92.8 Å². The van der Waals surface area contributed by atoms with Crippen molar-refractivity contribution in [2.24, 2.45) is 0 Å². The molecule has 0 bridgehead atoms. The van der Waals surface area contributed by atoms with Gasteiger partial charge in [0.15, 0.2) is 0 Å². The molecule has 7 nitrogen and oxygen atoms in total. The van der Waals surface area contributed by atoms with Crippen molar-refractivity contribution in [2.75, 3.05) is 11.9 Å². The lowest BCUT2D eigenvalue weighted by atomic mass is 10.1. The Bertz CT molecular complexity index is 914. The number of nitrogens with zero attached hydrogens (tertiary/aromatic N) is 1. The Balaban J connectivity index is 1.81. The first kappa shape index (κ1) is 18.8. The number of nitrogens with one attached hydrogen (secondary N) is 1. The molecule has 1 aliphatic rings. The summed E-state index contributed by atoms with van der Waals surface area (Å²) in [5, 5.41) is 2.98. The molecular weight excluding hydrogens is 368 g/mol. The SMILES string of the molecule is CCOC(=O)c1cc(C)sc1NC(=O)C(C)N1C(=O)c2ccccc2C1=O. The first-order chi connectivity index (χ1) is 12.8. The molecule has 1 unspecified atom stereocenters. The van der Waals surface area contributed by atoms with E-state index in [0.717, 1.165) is 9.78 Å². The van der Waals surface area contributed by atoms with Gasteiger partial charge in [-0.1, -0.05) is 12.1 Å². The number of ether oxygens (including phenoxy) is 1. The zero-order valence-corrected chi connectivity index (χ0v) is 15.9. The molecule has 1 aromatic heterocycles. The zero-order valence-electron chi connectivity index (χ0n) is 15.1. The molecule has 0 aliphatic carbocycles. The molecule has 0 radical (unpaired) electrons. The van der Waals surface area contributed by atoms with Gasteiger partial charge in [0.05, 0.1) is 23.3 Å². The van der Waals surface area contributed by atoms with E-state index >= 15 is 0 Å². The molecule has 1 N–H and O–H groups in total. The van der Waals surface area contributed by atoms with E-state index in [1.54, 1.807) is 44.2 Å². The Hall–Kier alpha value is -3.00. The molecule has 1 atom stereocenters. The second-order valence-corrected chi connectivity index (χ2v) is 7.27. The number of hydrogen-bond donors (Lipinski definition) is 1. The smallest absolute Gasteiger partial charge is 0.341 e. The third-order valence-electron chi connectivity index (χ3n) is 4.18. The Kier molecular flexibility index (Phi) is 5.09. The van der Waals surface area contributed by atoms with Gasteiger partial charge in [0, 0.05) is 4.88 Å². The second-order valence-electron chi connectivity index (χ2n) is 6.01. The van der Waals surface area contributed by atoms with Crippen molar-refractivity contribution < 1.29 is 23.9 Å². The van der Waals surface area contributed by atoms with Crippen LogP contribution in [0.5, 0.6) is 0 Å². The first-order valence-electron chi connectivity index (χ1n) is 8.40. The highest BCUT2D eigenvalue weighted by Crippen LogP contribution is 2.30. The summed E-state index contributed by atoms with van der Waals surface area (Å²) in [7, 11) is 0. The molecule has 0 saturated heterocycles. The molecule has 8 heteroatoms. The number of carbonyl (C=O) groups is 4. The number of anilines is 1. The Morgan fingerprint density at radius 3 is 2.33 bits per heavy atom. The number of benzene rings is 1. The summed E-state index contributed by atoms with van der Waals surface area (Å²) in [5.74, 6) is -2.11. The minimum absolute atomic E-state index is 0.215. The van der Waals surface area contributed by atoms with Crippen LogP contribution < -0.4 is 5.32 Å². The highest BCUT2D eigenvalue weighted by Gasteiger charge is 2.40. The minimum atomic E-state index is -1.03. The second kappa shape index (κ2) is 7.32. The molecule has 2 heterocycles. The van der Waals surface area contributed by atoms with Gasteiger partial charge < -0.3 is 10.1 Å². The van der Waals surface area contributed by atoms with E-state index < -0.39 is 29.7 Å². The minimum Gasteiger partial charge on any atom is -0.462 e. The highest BCUT2D eigenvalue weighted by atomic mass is 32.1. The molecule has 2 aromatic rings. The molecule has 27 heavy (non-hydrogen) atoms. The van der Waals surface area contributed by atoms with E-state index in [1.165, 1.54) is 18.3 Å². The van der Waals surface area contributed by atoms with Crippen LogP contribution in [0.4, 0.5) is 5.00 Å². The Morgan fingerprint density at radius 1 is 1.19 bits per heavy atom. The van der Waals surface area contributed by atoms with E-state index in [4.69, 9.17) is 4.74 Å². The summed E-state index contributed by atoms with van der Waals surface area (Å²) in [6.45, 7) is 5.18. The number of hydrogen-bond acceptors (Lipinski definition) is 6. The van der Waals surface area contributed by atoms with E-state index in [9.17, 15) is 19.2 Å². The number of imide groups is 1. The number of carbonyl (C=O) groups excluding carboxylic acids is 4. The molecule has 140 valence electrons. The van der Waals surface area contributed by atoms with Crippen LogP contribution in [0.3, 0.4) is 0 Å². The molecule has 3 rings (SSSR count). The third-order valence-corrected chi connectivity index (χ3v) is 5.15. The fourth-order valence-corrected chi connectivity index (χ4v) is 3.76. The molecule has 0 saturated carbocycles. The largest absolute Gasteiger partial charge is 0.462 e. The standard InChI is InChI=1S/C19H18N2O5S/c1-4-26-19(25)14-9-10(2)27-16(14)20-15(22)11(3)21-17(23)12-7-5-6-8-13(12)18(21)24/h5-9,11H,4H2,1-3H3,(H,20,22). The van der Waals surface area contributed by atoms with Gasteiger partial charge in [0.2, 0.25) is 5.91 Å². The number of fused-ring (bicyclic) bond motifs is 1. The van der Waals surface area contributed by atoms with Crippen LogP contribution in [0.2, 0.25) is 0 Å². The number of esters is 1. The molecule has 3 amide bonds. The fourth-order valence-electron chi connectivity index (χ4n) is 2.86. The fraction of sp³-hybridized carbons (Fsp3) is 0.263. The molecular formula is C19H18N2O5S. The maximum Gasteiger partial charge on any atom is 0.341 e. The van der Waals surface area contributed by atoms with Gasteiger partial charge in [-0.2, -0.15) is 0 Å². The lowest BCUT2D eigenvalue weighted by Crippen LogP contribution is -2.45. The lowest BCUT2D eigenvalue weighted by molar-refractivity contribution is -0.119. The van der Waals surface area contributed by atoms with Crippen LogP contribution >= 0.6 is 11.3 Å². The molecule has 0 spiro atoms. The van der Waals surface area contributed by atoms with Crippen LogP contribution in [0.15, 0.2) is 30.3 Å². The number of amides is 3. The predicted molar refractivity (Wildman–Crippen MR) is 100 cm³/mol. The Morgan fingerprint density at radius 2 is 1.78 bits per heavy atom. The van der Waals surface area contributed by atoms with Gasteiger partial charge in [0.1, 0.15) is 11.0 Å². The van der Waals surface area contributed by atoms with E-state index in [-0.39, 0.29) is 23.3 Å². The average molecular weight is 386 g/mol. The summed E-state index contributed by atoms with van der Waals surface area (Å²) >= 11 is 1.22. The maximum absolute atomic E-state index is 12.7.